The maximum atomic E-state index is 12.1. The standard InChI is InChI=1S/C16H22N4O2S/c1-16(2,20-7-9-22-10-8-20)11-17-14(21)19-15-18-12-5-3-4-6-13(12)23-15/h3-6H,7-11H2,1-2H3,(H2,17,18,19,21). The first-order valence-corrected chi connectivity index (χ1v) is 8.59. The number of ether oxygens (including phenoxy) is 1. The lowest BCUT2D eigenvalue weighted by Crippen LogP contribution is -2.55. The lowest BCUT2D eigenvalue weighted by atomic mass is 10.0. The third-order valence-electron chi connectivity index (χ3n) is 4.06. The summed E-state index contributed by atoms with van der Waals surface area (Å²) in [6, 6.07) is 7.63. The van der Waals surface area contributed by atoms with E-state index in [0.29, 0.717) is 11.7 Å². The number of rotatable bonds is 4. The molecule has 2 heterocycles. The highest BCUT2D eigenvalue weighted by atomic mass is 32.1. The van der Waals surface area contributed by atoms with Crippen molar-refractivity contribution in [1.82, 2.24) is 15.2 Å². The smallest absolute Gasteiger partial charge is 0.321 e. The van der Waals surface area contributed by atoms with E-state index in [1.165, 1.54) is 11.3 Å². The Balaban J connectivity index is 1.54. The Bertz CT molecular complexity index is 647. The van der Waals surface area contributed by atoms with E-state index in [1.807, 2.05) is 24.3 Å². The summed E-state index contributed by atoms with van der Waals surface area (Å²) in [4.78, 5) is 18.9. The van der Waals surface area contributed by atoms with Gasteiger partial charge in [0, 0.05) is 25.2 Å². The topological polar surface area (TPSA) is 66.5 Å². The Hall–Kier alpha value is -1.70. The number of amides is 2. The van der Waals surface area contributed by atoms with Gasteiger partial charge in [0.05, 0.1) is 23.4 Å². The summed E-state index contributed by atoms with van der Waals surface area (Å²) < 4.78 is 6.45. The largest absolute Gasteiger partial charge is 0.379 e. The average molecular weight is 334 g/mol. The number of carbonyl (C=O) groups excluding carboxylic acids is 1. The number of thiazole rings is 1. The molecule has 0 spiro atoms. The summed E-state index contributed by atoms with van der Waals surface area (Å²) in [5.74, 6) is 0. The molecular weight excluding hydrogens is 312 g/mol. The molecule has 1 aliphatic heterocycles. The maximum absolute atomic E-state index is 12.1. The van der Waals surface area contributed by atoms with E-state index in [1.54, 1.807) is 0 Å². The van der Waals surface area contributed by atoms with Crippen molar-refractivity contribution < 1.29 is 9.53 Å². The van der Waals surface area contributed by atoms with Crippen molar-refractivity contribution in [3.8, 4) is 0 Å². The molecule has 2 amide bonds. The second kappa shape index (κ2) is 6.82. The van der Waals surface area contributed by atoms with Crippen LogP contribution in [0.5, 0.6) is 0 Å². The van der Waals surface area contributed by atoms with Crippen molar-refractivity contribution in [1.29, 1.82) is 0 Å². The van der Waals surface area contributed by atoms with Gasteiger partial charge in [0.2, 0.25) is 0 Å². The van der Waals surface area contributed by atoms with E-state index in [4.69, 9.17) is 4.74 Å². The van der Waals surface area contributed by atoms with Crippen LogP contribution in [0.3, 0.4) is 0 Å². The summed E-state index contributed by atoms with van der Waals surface area (Å²) in [6.45, 7) is 8.14. The highest BCUT2D eigenvalue weighted by molar-refractivity contribution is 7.22. The predicted molar refractivity (Wildman–Crippen MR) is 93.1 cm³/mol. The number of benzene rings is 1. The summed E-state index contributed by atoms with van der Waals surface area (Å²) in [7, 11) is 0. The number of hydrogen-bond donors (Lipinski definition) is 2. The number of para-hydroxylation sites is 1. The van der Waals surface area contributed by atoms with Gasteiger partial charge >= 0.3 is 6.03 Å². The van der Waals surface area contributed by atoms with Crippen LogP contribution in [0.25, 0.3) is 10.2 Å². The number of urea groups is 1. The molecule has 6 nitrogen and oxygen atoms in total. The van der Waals surface area contributed by atoms with Gasteiger partial charge in [0.1, 0.15) is 0 Å². The summed E-state index contributed by atoms with van der Waals surface area (Å²) in [5.41, 5.74) is 0.802. The zero-order chi connectivity index (χ0) is 16.3. The minimum absolute atomic E-state index is 0.102. The van der Waals surface area contributed by atoms with E-state index in [0.717, 1.165) is 36.5 Å². The van der Waals surface area contributed by atoms with Crippen LogP contribution in [0.15, 0.2) is 24.3 Å². The molecule has 7 heteroatoms. The van der Waals surface area contributed by atoms with Gasteiger partial charge in [-0.1, -0.05) is 23.5 Å². The normalized spacial score (nSPS) is 16.4. The second-order valence-corrected chi connectivity index (χ2v) is 7.24. The van der Waals surface area contributed by atoms with Crippen LogP contribution in [0.1, 0.15) is 13.8 Å². The molecule has 2 aromatic rings. The van der Waals surface area contributed by atoms with E-state index >= 15 is 0 Å². The number of nitrogens with one attached hydrogen (secondary N) is 2. The molecule has 0 saturated carbocycles. The van der Waals surface area contributed by atoms with E-state index in [2.05, 4.69) is 34.4 Å². The van der Waals surface area contributed by atoms with Crippen molar-refractivity contribution >= 4 is 32.7 Å². The first-order chi connectivity index (χ1) is 11.0. The number of hydrogen-bond acceptors (Lipinski definition) is 5. The molecule has 23 heavy (non-hydrogen) atoms. The minimum Gasteiger partial charge on any atom is -0.379 e. The van der Waals surface area contributed by atoms with Gasteiger partial charge in [-0.25, -0.2) is 9.78 Å². The van der Waals surface area contributed by atoms with Crippen LogP contribution in [-0.2, 0) is 4.74 Å². The molecule has 0 bridgehead atoms. The Kier molecular flexibility index (Phi) is 4.79. The number of aromatic nitrogens is 1. The van der Waals surface area contributed by atoms with Crippen molar-refractivity contribution in [2.75, 3.05) is 38.2 Å². The SMILES string of the molecule is CC(C)(CNC(=O)Nc1nc2ccccc2s1)N1CCOCC1. The molecule has 1 aliphatic rings. The predicted octanol–water partition coefficient (Wildman–Crippen LogP) is 2.53. The Labute approximate surface area is 139 Å². The average Bonchev–Trinajstić information content (AvgIpc) is 2.96. The number of carbonyl (C=O) groups is 1. The van der Waals surface area contributed by atoms with E-state index in [-0.39, 0.29) is 11.6 Å². The molecule has 1 aromatic carbocycles. The fraction of sp³-hybridized carbons (Fsp3) is 0.500. The molecule has 1 fully saturated rings. The lowest BCUT2D eigenvalue weighted by Gasteiger charge is -2.40. The van der Waals surface area contributed by atoms with Crippen LogP contribution in [-0.4, -0.2) is 54.3 Å². The first kappa shape index (κ1) is 16.2. The second-order valence-electron chi connectivity index (χ2n) is 6.21. The molecule has 124 valence electrons. The van der Waals surface area contributed by atoms with Crippen LogP contribution in [0.2, 0.25) is 0 Å². The first-order valence-electron chi connectivity index (χ1n) is 7.78. The van der Waals surface area contributed by atoms with Crippen LogP contribution < -0.4 is 10.6 Å². The Morgan fingerprint density at radius 1 is 1.35 bits per heavy atom. The Morgan fingerprint density at radius 2 is 2.09 bits per heavy atom. The molecule has 0 unspecified atom stereocenters. The molecule has 1 aromatic heterocycles. The highest BCUT2D eigenvalue weighted by Crippen LogP contribution is 2.25. The van der Waals surface area contributed by atoms with Crippen LogP contribution in [0, 0.1) is 0 Å². The fourth-order valence-electron chi connectivity index (χ4n) is 2.64. The van der Waals surface area contributed by atoms with Crippen LogP contribution >= 0.6 is 11.3 Å². The maximum Gasteiger partial charge on any atom is 0.321 e. The van der Waals surface area contributed by atoms with E-state index < -0.39 is 0 Å². The van der Waals surface area contributed by atoms with Gasteiger partial charge in [0.15, 0.2) is 5.13 Å². The van der Waals surface area contributed by atoms with Crippen LogP contribution in [0.4, 0.5) is 9.93 Å². The van der Waals surface area contributed by atoms with Crippen molar-refractivity contribution in [2.24, 2.45) is 0 Å². The zero-order valence-electron chi connectivity index (χ0n) is 13.5. The number of fused-ring (bicyclic) bond motifs is 1. The lowest BCUT2D eigenvalue weighted by molar-refractivity contribution is -0.00863. The van der Waals surface area contributed by atoms with Gasteiger partial charge in [-0.05, 0) is 26.0 Å². The molecule has 2 N–H and O–H groups in total. The third-order valence-corrected chi connectivity index (χ3v) is 5.01. The van der Waals surface area contributed by atoms with E-state index in [9.17, 15) is 4.79 Å². The molecule has 0 aliphatic carbocycles. The van der Waals surface area contributed by atoms with Gasteiger partial charge in [-0.3, -0.25) is 10.2 Å². The Morgan fingerprint density at radius 3 is 2.83 bits per heavy atom. The molecule has 3 rings (SSSR count). The van der Waals surface area contributed by atoms with Gasteiger partial charge < -0.3 is 10.1 Å². The summed E-state index contributed by atoms with van der Waals surface area (Å²) >= 11 is 1.48. The summed E-state index contributed by atoms with van der Waals surface area (Å²) in [5, 5.41) is 6.39. The molecule has 0 atom stereocenters. The highest BCUT2D eigenvalue weighted by Gasteiger charge is 2.28. The minimum atomic E-state index is -0.217. The van der Waals surface area contributed by atoms with Crippen molar-refractivity contribution in [2.45, 2.75) is 19.4 Å². The van der Waals surface area contributed by atoms with Gasteiger partial charge in [-0.2, -0.15) is 0 Å². The number of anilines is 1. The van der Waals surface area contributed by atoms with Crippen molar-refractivity contribution in [3.63, 3.8) is 0 Å². The third kappa shape index (κ3) is 3.99. The molecular formula is C16H22N4O2S. The quantitative estimate of drug-likeness (QED) is 0.902. The van der Waals surface area contributed by atoms with Gasteiger partial charge in [0.25, 0.3) is 0 Å². The number of morpholine rings is 1. The zero-order valence-corrected chi connectivity index (χ0v) is 14.3. The summed E-state index contributed by atoms with van der Waals surface area (Å²) in [6.07, 6.45) is 0. The van der Waals surface area contributed by atoms with Gasteiger partial charge in [-0.15, -0.1) is 0 Å². The van der Waals surface area contributed by atoms with Crippen molar-refractivity contribution in [3.05, 3.63) is 24.3 Å². The fourth-order valence-corrected chi connectivity index (χ4v) is 3.50. The molecule has 1 saturated heterocycles. The number of nitrogens with zero attached hydrogens (tertiary/aromatic N) is 2. The molecule has 0 radical (unpaired) electrons. The monoisotopic (exact) mass is 334 g/mol.